The smallest absolute Gasteiger partial charge is 0.330 e. The number of nitrogens with one attached hydrogen (secondary N) is 1. The van der Waals surface area contributed by atoms with E-state index in [9.17, 15) is 9.59 Å². The molecule has 0 bridgehead atoms. The summed E-state index contributed by atoms with van der Waals surface area (Å²) in [6.07, 6.45) is 1.20. The molecule has 0 saturated heterocycles. The fourth-order valence-electron chi connectivity index (χ4n) is 2.81. The fourth-order valence-corrected chi connectivity index (χ4v) is 2.81. The van der Waals surface area contributed by atoms with E-state index < -0.39 is 0 Å². The van der Waals surface area contributed by atoms with Crippen molar-refractivity contribution in [2.24, 2.45) is 19.5 Å². The Kier molecular flexibility index (Phi) is 3.88. The maximum atomic E-state index is 11.8. The monoisotopic (exact) mass is 281 g/mol. The van der Waals surface area contributed by atoms with E-state index >= 15 is 0 Å². The van der Waals surface area contributed by atoms with Crippen LogP contribution in [0.15, 0.2) is 15.7 Å². The minimum atomic E-state index is -0.295. The number of methoxy groups -OCH3 is 1. The van der Waals surface area contributed by atoms with E-state index in [0.717, 1.165) is 11.0 Å². The van der Waals surface area contributed by atoms with Gasteiger partial charge in [-0.15, -0.1) is 0 Å². The van der Waals surface area contributed by atoms with E-state index in [1.165, 1.54) is 17.7 Å². The van der Waals surface area contributed by atoms with E-state index in [1.54, 1.807) is 14.2 Å². The molecule has 1 fully saturated rings. The molecule has 1 N–H and O–H groups in total. The normalized spacial score (nSPS) is 24.4. The molecule has 1 aromatic heterocycles. The van der Waals surface area contributed by atoms with Gasteiger partial charge in [0.15, 0.2) is 0 Å². The highest BCUT2D eigenvalue weighted by molar-refractivity contribution is 5.06. The number of hydrogen-bond donors (Lipinski definition) is 1. The van der Waals surface area contributed by atoms with Crippen LogP contribution in [0, 0.1) is 5.41 Å². The second-order valence-corrected chi connectivity index (χ2v) is 6.09. The Hall–Kier alpha value is -1.40. The molecule has 1 heterocycles. The summed E-state index contributed by atoms with van der Waals surface area (Å²) in [5.74, 6) is 0. The molecule has 1 aliphatic carbocycles. The number of hydrogen-bond acceptors (Lipinski definition) is 4. The average molecular weight is 281 g/mol. The van der Waals surface area contributed by atoms with Crippen LogP contribution >= 0.6 is 0 Å². The van der Waals surface area contributed by atoms with Gasteiger partial charge in [-0.05, 0) is 6.42 Å². The van der Waals surface area contributed by atoms with Crippen molar-refractivity contribution in [3.63, 3.8) is 0 Å². The Morgan fingerprint density at radius 2 is 2.00 bits per heavy atom. The SMILES string of the molecule is COC1CC(NCc2cc(=O)n(C)c(=O)n2C)C1(C)C. The molecule has 0 spiro atoms. The lowest BCUT2D eigenvalue weighted by molar-refractivity contribution is -0.0980. The summed E-state index contributed by atoms with van der Waals surface area (Å²) < 4.78 is 8.03. The van der Waals surface area contributed by atoms with Gasteiger partial charge in [0.25, 0.3) is 5.56 Å². The van der Waals surface area contributed by atoms with E-state index in [0.29, 0.717) is 18.3 Å². The zero-order chi connectivity index (χ0) is 15.1. The third-order valence-electron chi connectivity index (χ3n) is 4.62. The minimum absolute atomic E-state index is 0.0629. The first kappa shape index (κ1) is 15.0. The van der Waals surface area contributed by atoms with Crippen molar-refractivity contribution >= 4 is 0 Å². The van der Waals surface area contributed by atoms with Gasteiger partial charge >= 0.3 is 5.69 Å². The molecular formula is C14H23N3O3. The molecule has 0 aromatic carbocycles. The maximum absolute atomic E-state index is 11.8. The molecule has 0 aliphatic heterocycles. The summed E-state index contributed by atoms with van der Waals surface area (Å²) in [7, 11) is 4.90. The van der Waals surface area contributed by atoms with Crippen LogP contribution in [-0.2, 0) is 25.4 Å². The maximum Gasteiger partial charge on any atom is 0.330 e. The summed E-state index contributed by atoms with van der Waals surface area (Å²) in [6.45, 7) is 4.82. The van der Waals surface area contributed by atoms with Crippen LogP contribution in [0.1, 0.15) is 26.0 Å². The van der Waals surface area contributed by atoms with Crippen LogP contribution in [0.4, 0.5) is 0 Å². The molecule has 1 aromatic rings. The van der Waals surface area contributed by atoms with Gasteiger partial charge in [0.05, 0.1) is 6.10 Å². The third-order valence-corrected chi connectivity index (χ3v) is 4.62. The van der Waals surface area contributed by atoms with E-state index in [1.807, 2.05) is 0 Å². The number of aromatic nitrogens is 2. The van der Waals surface area contributed by atoms with Crippen molar-refractivity contribution in [2.75, 3.05) is 7.11 Å². The molecule has 2 atom stereocenters. The lowest BCUT2D eigenvalue weighted by atomic mass is 9.64. The first-order valence-corrected chi connectivity index (χ1v) is 6.81. The van der Waals surface area contributed by atoms with Crippen molar-refractivity contribution in [1.29, 1.82) is 0 Å². The minimum Gasteiger partial charge on any atom is -0.381 e. The molecule has 1 saturated carbocycles. The zero-order valence-corrected chi connectivity index (χ0v) is 12.8. The average Bonchev–Trinajstić information content (AvgIpc) is 2.40. The molecule has 1 aliphatic rings. The van der Waals surface area contributed by atoms with Crippen LogP contribution < -0.4 is 16.6 Å². The van der Waals surface area contributed by atoms with Crippen molar-refractivity contribution in [3.05, 3.63) is 32.6 Å². The molecule has 0 amide bonds. The molecule has 6 heteroatoms. The largest absolute Gasteiger partial charge is 0.381 e. The van der Waals surface area contributed by atoms with Crippen molar-refractivity contribution in [3.8, 4) is 0 Å². The Balaban J connectivity index is 2.10. The zero-order valence-electron chi connectivity index (χ0n) is 12.8. The van der Waals surface area contributed by atoms with Crippen LogP contribution in [0.2, 0.25) is 0 Å². The Morgan fingerprint density at radius 1 is 1.35 bits per heavy atom. The van der Waals surface area contributed by atoms with Crippen LogP contribution in [-0.4, -0.2) is 28.4 Å². The second kappa shape index (κ2) is 5.18. The summed E-state index contributed by atoms with van der Waals surface area (Å²) in [5.41, 5.74) is 0.201. The first-order chi connectivity index (χ1) is 9.28. The molecule has 2 unspecified atom stereocenters. The highest BCUT2D eigenvalue weighted by atomic mass is 16.5. The fraction of sp³-hybridized carbons (Fsp3) is 0.714. The predicted molar refractivity (Wildman–Crippen MR) is 76.7 cm³/mol. The van der Waals surface area contributed by atoms with Gasteiger partial charge in [-0.2, -0.15) is 0 Å². The van der Waals surface area contributed by atoms with Gasteiger partial charge in [0.1, 0.15) is 0 Å². The highest BCUT2D eigenvalue weighted by Crippen LogP contribution is 2.42. The molecule has 20 heavy (non-hydrogen) atoms. The Bertz CT molecular complexity index is 615. The molecule has 0 radical (unpaired) electrons. The van der Waals surface area contributed by atoms with Crippen molar-refractivity contribution in [2.45, 2.75) is 39.0 Å². The molecule has 6 nitrogen and oxygen atoms in total. The van der Waals surface area contributed by atoms with E-state index in [2.05, 4.69) is 19.2 Å². The van der Waals surface area contributed by atoms with Gasteiger partial charge in [0.2, 0.25) is 0 Å². The van der Waals surface area contributed by atoms with Gasteiger partial charge in [-0.1, -0.05) is 13.8 Å². The van der Waals surface area contributed by atoms with Crippen molar-refractivity contribution in [1.82, 2.24) is 14.5 Å². The molecular weight excluding hydrogens is 258 g/mol. The van der Waals surface area contributed by atoms with Crippen molar-refractivity contribution < 1.29 is 4.74 Å². The van der Waals surface area contributed by atoms with Gasteiger partial charge in [0, 0.05) is 51.0 Å². The summed E-state index contributed by atoms with van der Waals surface area (Å²) in [5, 5.41) is 3.42. The molecule has 112 valence electrons. The Labute approximate surface area is 118 Å². The van der Waals surface area contributed by atoms with Gasteiger partial charge in [-0.3, -0.25) is 13.9 Å². The molecule has 2 rings (SSSR count). The van der Waals surface area contributed by atoms with Crippen LogP contribution in [0.3, 0.4) is 0 Å². The number of rotatable bonds is 4. The van der Waals surface area contributed by atoms with Crippen LogP contribution in [0.25, 0.3) is 0 Å². The first-order valence-electron chi connectivity index (χ1n) is 6.81. The number of ether oxygens (including phenoxy) is 1. The summed E-state index contributed by atoms with van der Waals surface area (Å²) >= 11 is 0. The topological polar surface area (TPSA) is 65.3 Å². The van der Waals surface area contributed by atoms with Crippen LogP contribution in [0.5, 0.6) is 0 Å². The Morgan fingerprint density at radius 3 is 2.55 bits per heavy atom. The van der Waals surface area contributed by atoms with E-state index in [-0.39, 0.29) is 22.8 Å². The van der Waals surface area contributed by atoms with E-state index in [4.69, 9.17) is 4.74 Å². The highest BCUT2D eigenvalue weighted by Gasteiger charge is 2.48. The summed E-state index contributed by atoms with van der Waals surface area (Å²) in [4.78, 5) is 23.5. The number of nitrogens with zero attached hydrogens (tertiary/aromatic N) is 2. The predicted octanol–water partition coefficient (Wildman–Crippen LogP) is -0.0129. The third kappa shape index (κ3) is 2.33. The van der Waals surface area contributed by atoms with Gasteiger partial charge < -0.3 is 10.1 Å². The standard InChI is InChI=1S/C14H23N3O3/c1-14(2)10(7-11(14)20-5)15-8-9-6-12(18)17(4)13(19)16(9)3/h6,10-11,15H,7-8H2,1-5H3. The lowest BCUT2D eigenvalue weighted by Gasteiger charge is -2.51. The summed E-state index contributed by atoms with van der Waals surface area (Å²) in [6, 6.07) is 1.83. The second-order valence-electron chi connectivity index (χ2n) is 6.09. The quantitative estimate of drug-likeness (QED) is 0.843. The lowest BCUT2D eigenvalue weighted by Crippen LogP contribution is -2.60. The van der Waals surface area contributed by atoms with Gasteiger partial charge in [-0.25, -0.2) is 4.79 Å².